The van der Waals surface area contributed by atoms with Gasteiger partial charge in [-0.3, -0.25) is 19.7 Å². The smallest absolute Gasteiger partial charge is 0.269 e. The first-order chi connectivity index (χ1) is 13.5. The lowest BCUT2D eigenvalue weighted by atomic mass is 10.1. The summed E-state index contributed by atoms with van der Waals surface area (Å²) in [5.41, 5.74) is 1.94. The topological polar surface area (TPSA) is 92.6 Å². The zero-order valence-electron chi connectivity index (χ0n) is 15.2. The lowest BCUT2D eigenvalue weighted by Gasteiger charge is -2.26. The van der Waals surface area contributed by atoms with Gasteiger partial charge >= 0.3 is 0 Å². The monoisotopic (exact) mass is 377 g/mol. The Balaban J connectivity index is 1.53. The highest BCUT2D eigenvalue weighted by atomic mass is 16.6. The van der Waals surface area contributed by atoms with Crippen LogP contribution in [0.2, 0.25) is 0 Å². The molecule has 0 radical (unpaired) electrons. The summed E-state index contributed by atoms with van der Waals surface area (Å²) in [6, 6.07) is 12.8. The molecule has 1 N–H and O–H groups in total. The van der Waals surface area contributed by atoms with E-state index < -0.39 is 4.92 Å². The second kappa shape index (κ2) is 8.82. The highest BCUT2D eigenvalue weighted by Crippen LogP contribution is 2.21. The van der Waals surface area contributed by atoms with Crippen LogP contribution in [0.25, 0.3) is 0 Å². The van der Waals surface area contributed by atoms with Gasteiger partial charge in [-0.05, 0) is 49.2 Å². The van der Waals surface area contributed by atoms with Crippen LogP contribution in [0.15, 0.2) is 48.5 Å². The van der Waals surface area contributed by atoms with Gasteiger partial charge in [0.2, 0.25) is 5.91 Å². The van der Waals surface area contributed by atoms with Gasteiger partial charge in [-0.2, -0.15) is 0 Å². The summed E-state index contributed by atoms with van der Waals surface area (Å²) in [5, 5.41) is 13.3. The van der Waals surface area contributed by atoms with Gasteiger partial charge in [-0.1, -0.05) is 11.8 Å². The minimum atomic E-state index is -0.514. The molecule has 0 bridgehead atoms. The predicted octanol–water partition coefficient (Wildman–Crippen LogP) is 2.89. The minimum absolute atomic E-state index is 0.0639. The summed E-state index contributed by atoms with van der Waals surface area (Å²) in [4.78, 5) is 35.9. The van der Waals surface area contributed by atoms with Gasteiger partial charge < -0.3 is 10.2 Å². The zero-order valence-corrected chi connectivity index (χ0v) is 15.2. The molecule has 2 amide bonds. The number of nitro benzene ring substituents is 1. The highest BCUT2D eigenvalue weighted by Gasteiger charge is 2.19. The number of nitrogens with one attached hydrogen (secondary N) is 1. The van der Waals surface area contributed by atoms with E-state index in [-0.39, 0.29) is 24.0 Å². The van der Waals surface area contributed by atoms with Gasteiger partial charge in [-0.25, -0.2) is 0 Å². The van der Waals surface area contributed by atoms with Crippen molar-refractivity contribution in [2.45, 2.75) is 19.3 Å². The average molecular weight is 377 g/mol. The van der Waals surface area contributed by atoms with Crippen LogP contribution in [-0.4, -0.2) is 29.8 Å². The van der Waals surface area contributed by atoms with E-state index in [0.29, 0.717) is 12.0 Å². The van der Waals surface area contributed by atoms with Gasteiger partial charge in [-0.15, -0.1) is 0 Å². The Morgan fingerprint density at radius 2 is 1.82 bits per heavy atom. The number of carbonyl (C=O) groups excluding carboxylic acids is 2. The van der Waals surface area contributed by atoms with Crippen molar-refractivity contribution in [1.29, 1.82) is 0 Å². The predicted molar refractivity (Wildman–Crippen MR) is 105 cm³/mol. The Kier molecular flexibility index (Phi) is 6.02. The minimum Gasteiger partial charge on any atom is -0.341 e. The maximum atomic E-state index is 12.0. The molecule has 1 aliphatic rings. The molecule has 1 saturated heterocycles. The molecule has 0 atom stereocenters. The van der Waals surface area contributed by atoms with Crippen molar-refractivity contribution in [1.82, 2.24) is 5.32 Å². The van der Waals surface area contributed by atoms with E-state index in [4.69, 9.17) is 0 Å². The number of non-ortho nitro benzene ring substituents is 1. The molecule has 7 heteroatoms. The van der Waals surface area contributed by atoms with Gasteiger partial charge in [0.25, 0.3) is 11.6 Å². The van der Waals surface area contributed by atoms with E-state index in [1.54, 1.807) is 4.90 Å². The van der Waals surface area contributed by atoms with Crippen LogP contribution in [0.4, 0.5) is 11.4 Å². The first-order valence-electron chi connectivity index (χ1n) is 8.96. The van der Waals surface area contributed by atoms with Crippen LogP contribution >= 0.6 is 0 Å². The van der Waals surface area contributed by atoms with Crippen LogP contribution in [0.1, 0.15) is 35.2 Å². The standard InChI is InChI=1S/C21H19N3O4/c25-20-5-1-2-15-23(20)18-10-6-16(7-11-18)4-3-14-22-21(26)17-8-12-19(13-9-17)24(27)28/h6-13H,1-2,5,14-15H2,(H,22,26). The number of hydrogen-bond donors (Lipinski definition) is 1. The fourth-order valence-electron chi connectivity index (χ4n) is 2.91. The zero-order chi connectivity index (χ0) is 19.9. The molecule has 0 spiro atoms. The molecule has 2 aromatic rings. The largest absolute Gasteiger partial charge is 0.341 e. The third kappa shape index (κ3) is 4.74. The number of nitro groups is 1. The Hall–Kier alpha value is -3.66. The quantitative estimate of drug-likeness (QED) is 0.504. The molecule has 142 valence electrons. The number of rotatable bonds is 4. The third-order valence-corrected chi connectivity index (χ3v) is 4.41. The van der Waals surface area contributed by atoms with Crippen molar-refractivity contribution in [3.63, 3.8) is 0 Å². The molecular weight excluding hydrogens is 358 g/mol. The van der Waals surface area contributed by atoms with Crippen molar-refractivity contribution >= 4 is 23.2 Å². The summed E-state index contributed by atoms with van der Waals surface area (Å²) < 4.78 is 0. The fourth-order valence-corrected chi connectivity index (χ4v) is 2.91. The number of nitrogens with zero attached hydrogens (tertiary/aromatic N) is 2. The first-order valence-corrected chi connectivity index (χ1v) is 8.96. The van der Waals surface area contributed by atoms with E-state index >= 15 is 0 Å². The molecule has 0 saturated carbocycles. The SMILES string of the molecule is O=C(NCC#Cc1ccc(N2CCCCC2=O)cc1)c1ccc([N+](=O)[O-])cc1. The maximum absolute atomic E-state index is 12.0. The number of amides is 2. The third-order valence-electron chi connectivity index (χ3n) is 4.41. The van der Waals surface area contributed by atoms with Gasteiger partial charge in [0.1, 0.15) is 0 Å². The molecule has 0 unspecified atom stereocenters. The van der Waals surface area contributed by atoms with E-state index in [1.165, 1.54) is 24.3 Å². The molecular formula is C21H19N3O4. The van der Waals surface area contributed by atoms with Gasteiger partial charge in [0, 0.05) is 41.9 Å². The van der Waals surface area contributed by atoms with Crippen LogP contribution in [0.5, 0.6) is 0 Å². The van der Waals surface area contributed by atoms with Crippen molar-refractivity contribution in [3.05, 3.63) is 69.8 Å². The number of benzene rings is 2. The van der Waals surface area contributed by atoms with E-state index in [0.717, 1.165) is 30.6 Å². The van der Waals surface area contributed by atoms with Crippen LogP contribution in [-0.2, 0) is 4.79 Å². The van der Waals surface area contributed by atoms with Crippen molar-refractivity contribution < 1.29 is 14.5 Å². The normalized spacial score (nSPS) is 13.4. The second-order valence-corrected chi connectivity index (χ2v) is 6.34. The van der Waals surface area contributed by atoms with Crippen LogP contribution in [0, 0.1) is 22.0 Å². The molecule has 1 fully saturated rings. The summed E-state index contributed by atoms with van der Waals surface area (Å²) >= 11 is 0. The van der Waals surface area contributed by atoms with Crippen molar-refractivity contribution in [2.75, 3.05) is 18.0 Å². The lowest BCUT2D eigenvalue weighted by molar-refractivity contribution is -0.384. The summed E-state index contributed by atoms with van der Waals surface area (Å²) in [6.07, 6.45) is 2.56. The number of carbonyl (C=O) groups is 2. The van der Waals surface area contributed by atoms with Gasteiger partial charge in [0.15, 0.2) is 0 Å². The van der Waals surface area contributed by atoms with Gasteiger partial charge in [0.05, 0.1) is 11.5 Å². The average Bonchev–Trinajstić information content (AvgIpc) is 2.72. The molecule has 1 heterocycles. The Bertz CT molecular complexity index is 940. The Labute approximate surface area is 162 Å². The molecule has 3 rings (SSSR count). The number of anilines is 1. The molecule has 0 aromatic heterocycles. The van der Waals surface area contributed by atoms with Crippen molar-refractivity contribution in [3.8, 4) is 11.8 Å². The lowest BCUT2D eigenvalue weighted by Crippen LogP contribution is -2.35. The van der Waals surface area contributed by atoms with Crippen LogP contribution in [0.3, 0.4) is 0 Å². The molecule has 1 aliphatic heterocycles. The Morgan fingerprint density at radius 1 is 1.11 bits per heavy atom. The van der Waals surface area contributed by atoms with E-state index in [1.807, 2.05) is 24.3 Å². The highest BCUT2D eigenvalue weighted by molar-refractivity contribution is 5.94. The molecule has 2 aromatic carbocycles. The fraction of sp³-hybridized carbons (Fsp3) is 0.238. The van der Waals surface area contributed by atoms with Crippen LogP contribution < -0.4 is 10.2 Å². The second-order valence-electron chi connectivity index (χ2n) is 6.34. The van der Waals surface area contributed by atoms with Crippen molar-refractivity contribution in [2.24, 2.45) is 0 Å². The molecule has 28 heavy (non-hydrogen) atoms. The number of hydrogen-bond acceptors (Lipinski definition) is 4. The van der Waals surface area contributed by atoms with E-state index in [9.17, 15) is 19.7 Å². The summed E-state index contributed by atoms with van der Waals surface area (Å²) in [6.45, 7) is 0.903. The first kappa shape index (κ1) is 19.1. The molecule has 7 nitrogen and oxygen atoms in total. The Morgan fingerprint density at radius 3 is 2.46 bits per heavy atom. The summed E-state index contributed by atoms with van der Waals surface area (Å²) in [7, 11) is 0. The maximum Gasteiger partial charge on any atom is 0.269 e. The summed E-state index contributed by atoms with van der Waals surface area (Å²) in [5.74, 6) is 5.64. The molecule has 0 aliphatic carbocycles. The number of piperidine rings is 1. The van der Waals surface area contributed by atoms with E-state index in [2.05, 4.69) is 17.2 Å².